The summed E-state index contributed by atoms with van der Waals surface area (Å²) in [7, 11) is 0. The number of nitrogens with two attached hydrogens (primary N) is 1. The lowest BCUT2D eigenvalue weighted by Crippen LogP contribution is -2.66. The summed E-state index contributed by atoms with van der Waals surface area (Å²) in [5, 5.41) is 14.4. The largest absolute Gasteiger partial charge is 0.403 e. The molecular weight excluding hydrogens is 413 g/mol. The van der Waals surface area contributed by atoms with E-state index in [1.54, 1.807) is 18.5 Å². The van der Waals surface area contributed by atoms with Crippen LogP contribution in [0.5, 0.6) is 0 Å². The molecule has 0 bridgehead atoms. The molecule has 0 radical (unpaired) electrons. The molecule has 2 fully saturated rings. The molecule has 3 aromatic rings. The van der Waals surface area contributed by atoms with E-state index in [1.807, 2.05) is 0 Å². The highest BCUT2D eigenvalue weighted by molar-refractivity contribution is 5.93. The first-order chi connectivity index (χ1) is 14.7. The van der Waals surface area contributed by atoms with Crippen molar-refractivity contribution in [3.05, 3.63) is 24.8 Å². The van der Waals surface area contributed by atoms with Crippen LogP contribution in [0.4, 0.5) is 19.0 Å². The third kappa shape index (κ3) is 2.69. The van der Waals surface area contributed by atoms with E-state index in [4.69, 9.17) is 5.73 Å². The molecule has 2 aliphatic rings. The summed E-state index contributed by atoms with van der Waals surface area (Å²) in [6.45, 7) is -0.0811. The lowest BCUT2D eigenvalue weighted by molar-refractivity contribution is -0.204. The first kappa shape index (κ1) is 19.3. The molecule has 0 spiro atoms. The van der Waals surface area contributed by atoms with Crippen molar-refractivity contribution >= 4 is 22.8 Å². The summed E-state index contributed by atoms with van der Waals surface area (Å²) in [4.78, 5) is 25.1. The van der Waals surface area contributed by atoms with Crippen LogP contribution in [0.15, 0.2) is 24.8 Å². The molecule has 4 heterocycles. The minimum atomic E-state index is -4.57. The van der Waals surface area contributed by atoms with Gasteiger partial charge in [-0.25, -0.2) is 9.97 Å². The number of carbonyl (C=O) groups excluding carboxylic acids is 1. The van der Waals surface area contributed by atoms with Gasteiger partial charge in [-0.05, 0) is 18.9 Å². The van der Waals surface area contributed by atoms with E-state index in [9.17, 15) is 23.2 Å². The van der Waals surface area contributed by atoms with Crippen molar-refractivity contribution in [1.29, 1.82) is 5.26 Å². The molecular formula is C19H17F3N8O. The number of rotatable bonds is 4. The zero-order chi connectivity index (χ0) is 22.0. The lowest BCUT2D eigenvalue weighted by atomic mass is 9.85. The number of anilines is 1. The highest BCUT2D eigenvalue weighted by Crippen LogP contribution is 2.59. The first-order valence-electron chi connectivity index (χ1n) is 9.58. The fourth-order valence-corrected chi connectivity index (χ4v) is 4.24. The van der Waals surface area contributed by atoms with Crippen LogP contribution in [0.1, 0.15) is 19.3 Å². The normalized spacial score (nSPS) is 19.1. The number of aromatic amines is 1. The number of likely N-dealkylation sites (tertiary alicyclic amines) is 1. The zero-order valence-corrected chi connectivity index (χ0v) is 16.1. The molecule has 5 rings (SSSR count). The number of hydrogen-bond acceptors (Lipinski definition) is 6. The summed E-state index contributed by atoms with van der Waals surface area (Å²) in [5.41, 5.74) is 4.58. The van der Waals surface area contributed by atoms with Gasteiger partial charge in [-0.3, -0.25) is 9.48 Å². The van der Waals surface area contributed by atoms with E-state index in [0.29, 0.717) is 16.9 Å². The molecule has 12 heteroatoms. The molecule has 1 saturated heterocycles. The molecule has 31 heavy (non-hydrogen) atoms. The number of amides is 1. The quantitative estimate of drug-likeness (QED) is 0.653. The number of halogens is 3. The van der Waals surface area contributed by atoms with Crippen molar-refractivity contribution in [2.45, 2.75) is 31.0 Å². The molecule has 1 saturated carbocycles. The van der Waals surface area contributed by atoms with Gasteiger partial charge in [0.25, 0.3) is 0 Å². The number of aromatic nitrogens is 5. The van der Waals surface area contributed by atoms with E-state index in [-0.39, 0.29) is 38.2 Å². The number of nitrogens with one attached hydrogen (secondary N) is 1. The van der Waals surface area contributed by atoms with Crippen LogP contribution < -0.4 is 5.73 Å². The topological polar surface area (TPSA) is 130 Å². The van der Waals surface area contributed by atoms with Crippen LogP contribution in [0.3, 0.4) is 0 Å². The van der Waals surface area contributed by atoms with Crippen LogP contribution in [-0.2, 0) is 10.3 Å². The van der Waals surface area contributed by atoms with Crippen LogP contribution >= 0.6 is 0 Å². The Labute approximate surface area is 173 Å². The third-order valence-electron chi connectivity index (χ3n) is 6.21. The van der Waals surface area contributed by atoms with Crippen molar-refractivity contribution < 1.29 is 18.0 Å². The van der Waals surface area contributed by atoms with E-state index < -0.39 is 23.0 Å². The molecule has 0 unspecified atom stereocenters. The Morgan fingerprint density at radius 1 is 1.32 bits per heavy atom. The van der Waals surface area contributed by atoms with Gasteiger partial charge in [-0.15, -0.1) is 0 Å². The Kier molecular flexibility index (Phi) is 3.87. The highest BCUT2D eigenvalue weighted by atomic mass is 19.4. The summed E-state index contributed by atoms with van der Waals surface area (Å²) >= 11 is 0. The molecule has 9 nitrogen and oxygen atoms in total. The summed E-state index contributed by atoms with van der Waals surface area (Å²) in [5.74, 6) is -0.768. The molecule has 0 aromatic carbocycles. The number of H-pyrrole nitrogens is 1. The van der Waals surface area contributed by atoms with Crippen molar-refractivity contribution in [1.82, 2.24) is 29.6 Å². The molecule has 3 aromatic heterocycles. The number of nitrogen functional groups attached to an aromatic ring is 1. The molecule has 0 atom stereocenters. The van der Waals surface area contributed by atoms with E-state index in [2.05, 4.69) is 26.1 Å². The fraction of sp³-hybridized carbons (Fsp3) is 0.421. The van der Waals surface area contributed by atoms with Crippen LogP contribution in [-0.4, -0.2) is 54.8 Å². The van der Waals surface area contributed by atoms with E-state index >= 15 is 0 Å². The summed E-state index contributed by atoms with van der Waals surface area (Å²) in [6.07, 6.45) is -0.279. The first-order valence-corrected chi connectivity index (χ1v) is 9.58. The number of hydrogen-bond donors (Lipinski definition) is 2. The van der Waals surface area contributed by atoms with Gasteiger partial charge in [0.05, 0.1) is 23.7 Å². The van der Waals surface area contributed by atoms with Crippen LogP contribution in [0.25, 0.3) is 22.3 Å². The minimum Gasteiger partial charge on any atom is -0.382 e. The van der Waals surface area contributed by atoms with Gasteiger partial charge in [0.15, 0.2) is 5.82 Å². The maximum absolute atomic E-state index is 13.3. The molecule has 1 aliphatic carbocycles. The Balaban J connectivity index is 1.46. The number of carbonyl (C=O) groups is 1. The monoisotopic (exact) mass is 430 g/mol. The fourth-order valence-electron chi connectivity index (χ4n) is 4.24. The number of alkyl halides is 3. The van der Waals surface area contributed by atoms with Crippen molar-refractivity contribution in [2.75, 3.05) is 18.8 Å². The second kappa shape index (κ2) is 6.19. The second-order valence-electron chi connectivity index (χ2n) is 8.14. The smallest absolute Gasteiger partial charge is 0.382 e. The Bertz CT molecular complexity index is 1230. The average Bonchev–Trinajstić information content (AvgIpc) is 3.23. The minimum absolute atomic E-state index is 0.0281. The second-order valence-corrected chi connectivity index (χ2v) is 8.14. The summed E-state index contributed by atoms with van der Waals surface area (Å²) in [6, 6.07) is 3.85. The molecule has 3 N–H and O–H groups in total. The predicted octanol–water partition coefficient (Wildman–Crippen LogP) is 2.20. The maximum atomic E-state index is 13.3. The molecule has 160 valence electrons. The van der Waals surface area contributed by atoms with Gasteiger partial charge < -0.3 is 15.6 Å². The van der Waals surface area contributed by atoms with Crippen molar-refractivity contribution in [3.8, 4) is 17.3 Å². The van der Waals surface area contributed by atoms with Gasteiger partial charge in [-0.2, -0.15) is 23.5 Å². The Hall–Kier alpha value is -3.62. The van der Waals surface area contributed by atoms with Crippen molar-refractivity contribution in [2.24, 2.45) is 5.41 Å². The standard InChI is InChI=1S/C19H17F3N8O/c20-19(21,22)18(2-3-18)16(31)29-8-17(9-29,4-5-23)30-7-12(14(24)28-30)13-11-1-6-25-15(11)27-10-26-13/h1,6-7,10H,2-4,8-9H2,(H2,24,28)(H,25,26,27). The number of fused-ring (bicyclic) bond motifs is 1. The Morgan fingerprint density at radius 2 is 2.06 bits per heavy atom. The van der Waals surface area contributed by atoms with Gasteiger partial charge in [0.1, 0.15) is 22.9 Å². The predicted molar refractivity (Wildman–Crippen MR) is 102 cm³/mol. The SMILES string of the molecule is N#CCC1(n2cc(-c3ncnc4[nH]ccc34)c(N)n2)CN(C(=O)C2(C(F)(F)F)CC2)C1. The van der Waals surface area contributed by atoms with E-state index in [0.717, 1.165) is 10.3 Å². The van der Waals surface area contributed by atoms with Gasteiger partial charge >= 0.3 is 6.18 Å². The van der Waals surface area contributed by atoms with Crippen molar-refractivity contribution in [3.63, 3.8) is 0 Å². The van der Waals surface area contributed by atoms with Gasteiger partial charge in [0, 0.05) is 30.9 Å². The summed E-state index contributed by atoms with van der Waals surface area (Å²) < 4.78 is 41.5. The van der Waals surface area contributed by atoms with Gasteiger partial charge in [0.2, 0.25) is 5.91 Å². The van der Waals surface area contributed by atoms with Crippen LogP contribution in [0, 0.1) is 16.7 Å². The average molecular weight is 430 g/mol. The maximum Gasteiger partial charge on any atom is 0.403 e. The number of nitrogens with zero attached hydrogens (tertiary/aromatic N) is 6. The highest BCUT2D eigenvalue weighted by Gasteiger charge is 2.70. The number of nitriles is 1. The molecule has 1 aliphatic heterocycles. The lowest BCUT2D eigenvalue weighted by Gasteiger charge is -2.50. The Morgan fingerprint density at radius 3 is 2.71 bits per heavy atom. The zero-order valence-electron chi connectivity index (χ0n) is 16.1. The van der Waals surface area contributed by atoms with Gasteiger partial charge in [-0.1, -0.05) is 0 Å². The third-order valence-corrected chi connectivity index (χ3v) is 6.21. The molecule has 1 amide bonds. The van der Waals surface area contributed by atoms with Crippen LogP contribution in [0.2, 0.25) is 0 Å². The van der Waals surface area contributed by atoms with E-state index in [1.165, 1.54) is 11.0 Å².